The van der Waals surface area contributed by atoms with Gasteiger partial charge in [0.15, 0.2) is 0 Å². The third-order valence-electron chi connectivity index (χ3n) is 1.86. The quantitative estimate of drug-likeness (QED) is 0.758. The van der Waals surface area contributed by atoms with Gasteiger partial charge in [-0.2, -0.15) is 0 Å². The summed E-state index contributed by atoms with van der Waals surface area (Å²) < 4.78 is 1.01. The first-order chi connectivity index (χ1) is 7.08. The molecule has 0 unspecified atom stereocenters. The Hall–Kier alpha value is 0.130. The number of carbonyl (C=O) groups is 1. The third kappa shape index (κ3) is 3.57. The van der Waals surface area contributed by atoms with Crippen molar-refractivity contribution in [3.8, 4) is 0 Å². The van der Waals surface area contributed by atoms with Gasteiger partial charge in [0.2, 0.25) is 5.91 Å². The maximum atomic E-state index is 11.1. The van der Waals surface area contributed by atoms with Gasteiger partial charge >= 0.3 is 0 Å². The first-order valence-corrected chi connectivity index (χ1v) is 7.33. The molecule has 0 aliphatic rings. The molecular weight excluding hydrogens is 390 g/mol. The van der Waals surface area contributed by atoms with E-state index >= 15 is 0 Å². The van der Waals surface area contributed by atoms with Gasteiger partial charge in [-0.1, -0.05) is 47.8 Å². The van der Waals surface area contributed by atoms with E-state index in [4.69, 9.17) is 0 Å². The number of amides is 1. The summed E-state index contributed by atoms with van der Waals surface area (Å²) >= 11 is 10.3. The summed E-state index contributed by atoms with van der Waals surface area (Å²) in [5.41, 5.74) is 3.02. The van der Waals surface area contributed by atoms with E-state index < -0.39 is 0 Å². The second-order valence-corrected chi connectivity index (χ2v) is 5.08. The Morgan fingerprint density at radius 3 is 2.07 bits per heavy atom. The van der Waals surface area contributed by atoms with Crippen LogP contribution in [0.1, 0.15) is 18.1 Å². The minimum absolute atomic E-state index is 0.0540. The van der Waals surface area contributed by atoms with Crippen molar-refractivity contribution in [3.05, 3.63) is 27.7 Å². The third-order valence-corrected chi connectivity index (χ3v) is 3.52. The second kappa shape index (κ2) is 6.01. The summed E-state index contributed by atoms with van der Waals surface area (Å²) in [6, 6.07) is 3.98. The van der Waals surface area contributed by atoms with Gasteiger partial charge in [0, 0.05) is 27.7 Å². The molecule has 1 amide bonds. The molecule has 0 aromatic heterocycles. The van der Waals surface area contributed by atoms with E-state index in [0.717, 1.165) is 21.3 Å². The Morgan fingerprint density at radius 1 is 1.27 bits per heavy atom. The lowest BCUT2D eigenvalue weighted by molar-refractivity contribution is -0.114. The van der Waals surface area contributed by atoms with Crippen LogP contribution in [0.2, 0.25) is 0 Å². The van der Waals surface area contributed by atoms with Crippen LogP contribution in [0.4, 0.5) is 5.69 Å². The zero-order chi connectivity index (χ0) is 11.4. The molecule has 1 rings (SSSR count). The number of anilines is 1. The zero-order valence-corrected chi connectivity index (χ0v) is 12.9. The van der Waals surface area contributed by atoms with Crippen LogP contribution in [0, 0.1) is 0 Å². The molecule has 0 bridgehead atoms. The lowest BCUT2D eigenvalue weighted by atomic mass is 10.1. The van der Waals surface area contributed by atoms with Gasteiger partial charge in [-0.3, -0.25) is 4.79 Å². The Bertz CT molecular complexity index is 354. The Kier molecular flexibility index (Phi) is 5.29. The number of halogens is 3. The van der Waals surface area contributed by atoms with Crippen molar-refractivity contribution in [1.82, 2.24) is 0 Å². The van der Waals surface area contributed by atoms with Crippen molar-refractivity contribution in [2.24, 2.45) is 0 Å². The van der Waals surface area contributed by atoms with Gasteiger partial charge in [-0.15, -0.1) is 0 Å². The van der Waals surface area contributed by atoms with Crippen LogP contribution < -0.4 is 5.32 Å². The van der Waals surface area contributed by atoms with Crippen molar-refractivity contribution in [2.75, 3.05) is 5.32 Å². The van der Waals surface area contributed by atoms with E-state index in [1.54, 1.807) is 0 Å². The summed E-state index contributed by atoms with van der Waals surface area (Å²) in [4.78, 5) is 11.1. The molecule has 0 fully saturated rings. The number of carbonyl (C=O) groups excluding carboxylic acids is 1. The summed E-state index contributed by atoms with van der Waals surface area (Å²) in [6.07, 6.45) is 0. The SMILES string of the molecule is CC(=O)Nc1c(CBr)cc(Br)cc1CBr. The molecule has 15 heavy (non-hydrogen) atoms. The van der Waals surface area contributed by atoms with Gasteiger partial charge in [-0.05, 0) is 23.3 Å². The van der Waals surface area contributed by atoms with Crippen LogP contribution in [-0.4, -0.2) is 5.91 Å². The predicted molar refractivity (Wildman–Crippen MR) is 73.7 cm³/mol. The van der Waals surface area contributed by atoms with E-state index in [1.807, 2.05) is 12.1 Å². The first kappa shape index (κ1) is 13.2. The molecule has 0 saturated heterocycles. The van der Waals surface area contributed by atoms with Crippen LogP contribution in [-0.2, 0) is 15.5 Å². The average Bonchev–Trinajstić information content (AvgIpc) is 2.19. The highest BCUT2D eigenvalue weighted by atomic mass is 79.9. The van der Waals surface area contributed by atoms with E-state index in [1.165, 1.54) is 6.92 Å². The van der Waals surface area contributed by atoms with E-state index in [-0.39, 0.29) is 5.91 Å². The molecule has 1 aromatic rings. The number of nitrogens with one attached hydrogen (secondary N) is 1. The predicted octanol–water partition coefficient (Wildman–Crippen LogP) is 4.20. The van der Waals surface area contributed by atoms with Crippen molar-refractivity contribution in [2.45, 2.75) is 17.6 Å². The van der Waals surface area contributed by atoms with Crippen molar-refractivity contribution in [1.29, 1.82) is 0 Å². The molecule has 0 atom stereocenters. The second-order valence-electron chi connectivity index (χ2n) is 3.05. The lowest BCUT2D eigenvalue weighted by Gasteiger charge is -2.13. The van der Waals surface area contributed by atoms with Gasteiger partial charge in [0.25, 0.3) is 0 Å². The van der Waals surface area contributed by atoms with Crippen molar-refractivity contribution < 1.29 is 4.79 Å². The number of rotatable bonds is 3. The molecule has 0 spiro atoms. The minimum Gasteiger partial charge on any atom is -0.326 e. The smallest absolute Gasteiger partial charge is 0.221 e. The summed E-state index contributed by atoms with van der Waals surface area (Å²) in [5.74, 6) is -0.0540. The molecule has 0 aliphatic carbocycles. The lowest BCUT2D eigenvalue weighted by Crippen LogP contribution is -2.10. The number of hydrogen-bond donors (Lipinski definition) is 1. The molecule has 0 aliphatic heterocycles. The molecule has 2 nitrogen and oxygen atoms in total. The molecule has 0 saturated carbocycles. The van der Waals surface area contributed by atoms with Crippen LogP contribution in [0.15, 0.2) is 16.6 Å². The van der Waals surface area contributed by atoms with Crippen LogP contribution in [0.5, 0.6) is 0 Å². The molecule has 0 radical (unpaired) electrons. The van der Waals surface area contributed by atoms with Crippen LogP contribution in [0.25, 0.3) is 0 Å². The largest absolute Gasteiger partial charge is 0.326 e. The highest BCUT2D eigenvalue weighted by Gasteiger charge is 2.09. The Labute approximate surface area is 114 Å². The maximum absolute atomic E-state index is 11.1. The Balaban J connectivity index is 3.23. The van der Waals surface area contributed by atoms with Gasteiger partial charge in [0.05, 0.1) is 0 Å². The van der Waals surface area contributed by atoms with E-state index in [2.05, 4.69) is 53.1 Å². The molecule has 82 valence electrons. The minimum atomic E-state index is -0.0540. The average molecular weight is 400 g/mol. The first-order valence-electron chi connectivity index (χ1n) is 4.29. The summed E-state index contributed by atoms with van der Waals surface area (Å²) in [7, 11) is 0. The van der Waals surface area contributed by atoms with Crippen molar-refractivity contribution in [3.63, 3.8) is 0 Å². The van der Waals surface area contributed by atoms with Crippen LogP contribution >= 0.6 is 47.8 Å². The topological polar surface area (TPSA) is 29.1 Å². The molecule has 0 heterocycles. The van der Waals surface area contributed by atoms with Crippen LogP contribution in [0.3, 0.4) is 0 Å². The van der Waals surface area contributed by atoms with E-state index in [9.17, 15) is 4.79 Å². The molecule has 1 N–H and O–H groups in total. The highest BCUT2D eigenvalue weighted by Crippen LogP contribution is 2.29. The van der Waals surface area contributed by atoms with E-state index in [0.29, 0.717) is 10.7 Å². The van der Waals surface area contributed by atoms with Crippen molar-refractivity contribution >= 4 is 59.4 Å². The fraction of sp³-hybridized carbons (Fsp3) is 0.300. The number of hydrogen-bond acceptors (Lipinski definition) is 1. The zero-order valence-electron chi connectivity index (χ0n) is 8.11. The fourth-order valence-electron chi connectivity index (χ4n) is 1.27. The van der Waals surface area contributed by atoms with Gasteiger partial charge in [0.1, 0.15) is 0 Å². The number of benzene rings is 1. The highest BCUT2D eigenvalue weighted by molar-refractivity contribution is 9.10. The molecule has 1 aromatic carbocycles. The number of alkyl halides is 2. The molecular formula is C10H10Br3NO. The normalized spacial score (nSPS) is 10.1. The fourth-order valence-corrected chi connectivity index (χ4v) is 2.71. The standard InChI is InChI=1S/C10H10Br3NO/c1-6(15)14-10-7(4-11)2-9(13)3-8(10)5-12/h2-3H,4-5H2,1H3,(H,14,15). The van der Waals surface area contributed by atoms with Gasteiger partial charge in [-0.25, -0.2) is 0 Å². The summed E-state index contributed by atoms with van der Waals surface area (Å²) in [6.45, 7) is 1.51. The van der Waals surface area contributed by atoms with Gasteiger partial charge < -0.3 is 5.32 Å². The Morgan fingerprint density at radius 2 is 1.73 bits per heavy atom. The maximum Gasteiger partial charge on any atom is 0.221 e. The summed E-state index contributed by atoms with van der Waals surface area (Å²) in [5, 5.41) is 4.27. The molecule has 5 heteroatoms. The monoisotopic (exact) mass is 397 g/mol.